The summed E-state index contributed by atoms with van der Waals surface area (Å²) in [5, 5.41) is 31.9. The van der Waals surface area contributed by atoms with Gasteiger partial charge in [0.1, 0.15) is 5.76 Å². The highest BCUT2D eigenvalue weighted by molar-refractivity contribution is 6.48. The van der Waals surface area contributed by atoms with Gasteiger partial charge in [0.2, 0.25) is 11.6 Å². The molecule has 0 fully saturated rings. The van der Waals surface area contributed by atoms with Crippen molar-refractivity contribution in [3.8, 4) is 0 Å². The van der Waals surface area contributed by atoms with Crippen molar-refractivity contribution >= 4 is 17.5 Å². The summed E-state index contributed by atoms with van der Waals surface area (Å²) in [4.78, 5) is 35.8. The van der Waals surface area contributed by atoms with Gasteiger partial charge in [0.15, 0.2) is 6.04 Å². The van der Waals surface area contributed by atoms with Crippen LogP contribution in [0.1, 0.15) is 66.7 Å². The van der Waals surface area contributed by atoms with Gasteiger partial charge in [0.05, 0.1) is 17.4 Å². The minimum Gasteiger partial charge on any atom is -0.505 e. The highest BCUT2D eigenvalue weighted by Crippen LogP contribution is 2.45. The second-order valence-corrected chi connectivity index (χ2v) is 9.40. The Kier molecular flexibility index (Phi) is 8.24. The molecular formula is C25H35NO6. The number of Topliss-reactive ketones (excluding diaryl/α,β-unsaturated/α-hetero) is 1. The summed E-state index contributed by atoms with van der Waals surface area (Å²) < 4.78 is 0. The first kappa shape index (κ1) is 25.6. The normalized spacial score (nSPS) is 26.4. The van der Waals surface area contributed by atoms with E-state index in [1.165, 1.54) is 12.5 Å². The van der Waals surface area contributed by atoms with Gasteiger partial charge < -0.3 is 20.6 Å². The average molecular weight is 446 g/mol. The summed E-state index contributed by atoms with van der Waals surface area (Å²) in [6, 6.07) is -1.43. The Morgan fingerprint density at radius 2 is 2.03 bits per heavy atom. The summed E-state index contributed by atoms with van der Waals surface area (Å²) in [6.07, 6.45) is 7.86. The largest absolute Gasteiger partial charge is 0.505 e. The van der Waals surface area contributed by atoms with Crippen molar-refractivity contribution in [2.75, 3.05) is 0 Å². The van der Waals surface area contributed by atoms with Gasteiger partial charge in [-0.3, -0.25) is 9.59 Å². The molecule has 0 bridgehead atoms. The zero-order valence-electron chi connectivity index (χ0n) is 19.6. The fourth-order valence-electron chi connectivity index (χ4n) is 4.31. The summed E-state index contributed by atoms with van der Waals surface area (Å²) >= 11 is 0. The molecule has 2 rings (SSSR count). The number of hydrogen-bond acceptors (Lipinski definition) is 6. The molecular weight excluding hydrogens is 410 g/mol. The van der Waals surface area contributed by atoms with Crippen LogP contribution >= 0.6 is 0 Å². The summed E-state index contributed by atoms with van der Waals surface area (Å²) in [5.41, 5.74) is 2.44. The van der Waals surface area contributed by atoms with Crippen LogP contribution < -0.4 is 5.32 Å². The predicted octanol–water partition coefficient (Wildman–Crippen LogP) is 3.76. The average Bonchev–Trinajstić information content (AvgIpc) is 2.71. The minimum atomic E-state index is -1.43. The first-order chi connectivity index (χ1) is 14.9. The Morgan fingerprint density at radius 1 is 1.38 bits per heavy atom. The Labute approximate surface area is 189 Å². The van der Waals surface area contributed by atoms with Crippen molar-refractivity contribution in [1.29, 1.82) is 0 Å². The smallest absolute Gasteiger partial charge is 0.328 e. The molecule has 0 saturated carbocycles. The lowest BCUT2D eigenvalue weighted by Gasteiger charge is -2.40. The van der Waals surface area contributed by atoms with E-state index in [1.54, 1.807) is 0 Å². The number of nitrogens with one attached hydrogen (secondary N) is 1. The van der Waals surface area contributed by atoms with E-state index in [0.29, 0.717) is 5.92 Å². The van der Waals surface area contributed by atoms with Crippen LogP contribution in [0.15, 0.2) is 46.4 Å². The lowest BCUT2D eigenvalue weighted by molar-refractivity contribution is -0.141. The molecule has 0 radical (unpaired) electrons. The van der Waals surface area contributed by atoms with Gasteiger partial charge in [0.25, 0.3) is 0 Å². The van der Waals surface area contributed by atoms with Crippen molar-refractivity contribution < 1.29 is 29.7 Å². The second-order valence-electron chi connectivity index (χ2n) is 9.40. The molecule has 4 atom stereocenters. The van der Waals surface area contributed by atoms with Crippen LogP contribution in [-0.2, 0) is 14.4 Å². The highest BCUT2D eigenvalue weighted by atomic mass is 16.4. The molecule has 2 aliphatic rings. The van der Waals surface area contributed by atoms with Crippen molar-refractivity contribution in [2.45, 2.75) is 78.9 Å². The van der Waals surface area contributed by atoms with Gasteiger partial charge in [-0.05, 0) is 64.2 Å². The zero-order chi connectivity index (χ0) is 24.2. The first-order valence-electron chi connectivity index (χ1n) is 11.1. The van der Waals surface area contributed by atoms with E-state index in [9.17, 15) is 29.7 Å². The predicted molar refractivity (Wildman–Crippen MR) is 122 cm³/mol. The van der Waals surface area contributed by atoms with Crippen LogP contribution in [0.4, 0.5) is 0 Å². The molecule has 0 aromatic heterocycles. The Bertz CT molecular complexity index is 907. The third-order valence-corrected chi connectivity index (χ3v) is 7.03. The van der Waals surface area contributed by atoms with Crippen molar-refractivity contribution in [3.63, 3.8) is 0 Å². The van der Waals surface area contributed by atoms with Crippen LogP contribution in [0, 0.1) is 11.3 Å². The Morgan fingerprint density at radius 3 is 2.62 bits per heavy atom. The van der Waals surface area contributed by atoms with Crippen LogP contribution in [0.5, 0.6) is 0 Å². The lowest BCUT2D eigenvalue weighted by Crippen LogP contribution is -2.45. The molecule has 2 aliphatic carbocycles. The quantitative estimate of drug-likeness (QED) is 0.242. The Hall–Kier alpha value is -2.67. The van der Waals surface area contributed by atoms with Gasteiger partial charge >= 0.3 is 5.97 Å². The van der Waals surface area contributed by atoms with E-state index in [2.05, 4.69) is 32.2 Å². The third-order valence-electron chi connectivity index (χ3n) is 7.03. The molecule has 0 aromatic rings. The van der Waals surface area contributed by atoms with E-state index in [4.69, 9.17) is 0 Å². The van der Waals surface area contributed by atoms with Crippen molar-refractivity contribution in [1.82, 2.24) is 5.32 Å². The molecule has 0 aromatic carbocycles. The number of carboxylic acids is 1. The number of aliphatic hydroxyl groups is 2. The number of rotatable bonds is 9. The number of hydrogen-bond donors (Lipinski definition) is 4. The van der Waals surface area contributed by atoms with Crippen molar-refractivity contribution in [3.05, 3.63) is 46.4 Å². The molecule has 32 heavy (non-hydrogen) atoms. The standard InChI is InChI=1S/C25H35NO6/c1-14(10-12-25(5)11-6-7-15(2)16(25)3)8-9-18-22(29)19(13-20(28)23(18)30)26-21(17(4)27)24(31)32/h7-8,13,16-17,21,26-27,29H,6,9-12H2,1-5H3,(H,31,32)/b14-8+/t16-,17-,21+,25-/m1/s1. The van der Waals surface area contributed by atoms with Crippen molar-refractivity contribution in [2.24, 2.45) is 11.3 Å². The van der Waals surface area contributed by atoms with Gasteiger partial charge in [0, 0.05) is 6.08 Å². The summed E-state index contributed by atoms with van der Waals surface area (Å²) in [5.74, 6) is -2.95. The first-order valence-corrected chi connectivity index (χ1v) is 11.1. The molecule has 0 heterocycles. The SMILES string of the molecule is CC1=CCC[C@](C)(CC/C(C)=C/CC2=C(O)C(N[C@H](C(=O)O)[C@@H](C)O)=CC(=O)C2=O)[C@@H]1C. The maximum absolute atomic E-state index is 12.3. The molecule has 7 nitrogen and oxygen atoms in total. The van der Waals surface area contributed by atoms with E-state index < -0.39 is 35.4 Å². The minimum absolute atomic E-state index is 0.0683. The number of carbonyl (C=O) groups is 3. The van der Waals surface area contributed by atoms with E-state index in [1.807, 2.05) is 13.0 Å². The number of allylic oxidation sites excluding steroid dienone is 6. The summed E-state index contributed by atoms with van der Waals surface area (Å²) in [7, 11) is 0. The molecule has 7 heteroatoms. The second kappa shape index (κ2) is 10.3. The fourth-order valence-corrected chi connectivity index (χ4v) is 4.31. The van der Waals surface area contributed by atoms with E-state index >= 15 is 0 Å². The molecule has 0 aliphatic heterocycles. The number of aliphatic carboxylic acids is 1. The maximum atomic E-state index is 12.3. The Balaban J connectivity index is 2.13. The molecule has 4 N–H and O–H groups in total. The summed E-state index contributed by atoms with van der Waals surface area (Å²) in [6.45, 7) is 9.99. The van der Waals surface area contributed by atoms with Gasteiger partial charge in [-0.15, -0.1) is 0 Å². The number of ketones is 2. The highest BCUT2D eigenvalue weighted by Gasteiger charge is 2.34. The van der Waals surface area contributed by atoms with E-state index in [-0.39, 0.29) is 23.1 Å². The maximum Gasteiger partial charge on any atom is 0.328 e. The van der Waals surface area contributed by atoms with Crippen LogP contribution in [0.25, 0.3) is 0 Å². The molecule has 176 valence electrons. The number of aliphatic hydroxyl groups excluding tert-OH is 2. The molecule has 0 amide bonds. The topological polar surface area (TPSA) is 124 Å². The zero-order valence-corrected chi connectivity index (χ0v) is 19.6. The van der Waals surface area contributed by atoms with E-state index in [0.717, 1.165) is 37.3 Å². The van der Waals surface area contributed by atoms with Gasteiger partial charge in [-0.1, -0.05) is 37.1 Å². The van der Waals surface area contributed by atoms with Gasteiger partial charge in [-0.25, -0.2) is 4.79 Å². The van der Waals surface area contributed by atoms with Crippen LogP contribution in [0.3, 0.4) is 0 Å². The van der Waals surface area contributed by atoms with Gasteiger partial charge in [-0.2, -0.15) is 0 Å². The number of carbonyl (C=O) groups excluding carboxylic acids is 2. The lowest BCUT2D eigenvalue weighted by atomic mass is 9.65. The fraction of sp³-hybridized carbons (Fsp3) is 0.560. The molecule has 0 spiro atoms. The third kappa shape index (κ3) is 5.76. The van der Waals surface area contributed by atoms with Crippen LogP contribution in [0.2, 0.25) is 0 Å². The van der Waals surface area contributed by atoms with Crippen LogP contribution in [-0.4, -0.2) is 45.0 Å². The molecule has 0 unspecified atom stereocenters. The monoisotopic (exact) mass is 445 g/mol. The number of carboxylic acid groups (broad SMARTS) is 1. The molecule has 0 saturated heterocycles.